The van der Waals surface area contributed by atoms with Gasteiger partial charge in [0.25, 0.3) is 0 Å². The fourth-order valence-electron chi connectivity index (χ4n) is 0.960. The number of aromatic nitrogens is 2. The second-order valence-corrected chi connectivity index (χ2v) is 3.55. The number of likely N-dealkylation sites (N-methyl/N-ethyl adjacent to an activating group) is 1. The van der Waals surface area contributed by atoms with Crippen molar-refractivity contribution >= 4 is 15.9 Å². The van der Waals surface area contributed by atoms with Gasteiger partial charge < -0.3 is 5.32 Å². The molecule has 1 heterocycles. The summed E-state index contributed by atoms with van der Waals surface area (Å²) in [6.07, 6.45) is 3.70. The molecule has 1 aromatic heterocycles. The summed E-state index contributed by atoms with van der Waals surface area (Å²) in [5.41, 5.74) is 1.12. The van der Waals surface area contributed by atoms with Gasteiger partial charge in [0.05, 0.1) is 17.2 Å². The molecule has 0 aliphatic heterocycles. The number of nitrogens with zero attached hydrogens (tertiary/aromatic N) is 2. The van der Waals surface area contributed by atoms with Crippen LogP contribution >= 0.6 is 15.9 Å². The van der Waals surface area contributed by atoms with E-state index in [9.17, 15) is 0 Å². The Labute approximate surface area is 80.6 Å². The monoisotopic (exact) mass is 229 g/mol. The molecule has 0 fully saturated rings. The summed E-state index contributed by atoms with van der Waals surface area (Å²) in [4.78, 5) is 0. The molecule has 0 bridgehead atoms. The van der Waals surface area contributed by atoms with Gasteiger partial charge in [-0.15, -0.1) is 0 Å². The maximum atomic E-state index is 4.12. The van der Waals surface area contributed by atoms with Crippen LogP contribution in [0.2, 0.25) is 0 Å². The maximum absolute atomic E-state index is 4.12. The third kappa shape index (κ3) is 2.79. The van der Waals surface area contributed by atoms with Crippen molar-refractivity contribution in [3.8, 4) is 0 Å². The van der Waals surface area contributed by atoms with E-state index in [0.717, 1.165) is 23.1 Å². The molecule has 0 aliphatic rings. The van der Waals surface area contributed by atoms with Gasteiger partial charge in [0.15, 0.2) is 0 Å². The molecule has 0 saturated carbocycles. The van der Waals surface area contributed by atoms with Crippen molar-refractivity contribution in [3.63, 3.8) is 0 Å². The van der Waals surface area contributed by atoms with Crippen LogP contribution in [0.15, 0.2) is 29.0 Å². The Kier molecular flexibility index (Phi) is 3.49. The van der Waals surface area contributed by atoms with E-state index < -0.39 is 0 Å². The molecule has 4 heteroatoms. The minimum absolute atomic E-state index is 0.770. The highest BCUT2D eigenvalue weighted by Gasteiger charge is 1.96. The van der Waals surface area contributed by atoms with Gasteiger partial charge >= 0.3 is 0 Å². The van der Waals surface area contributed by atoms with Gasteiger partial charge in [-0.1, -0.05) is 6.58 Å². The van der Waals surface area contributed by atoms with Crippen LogP contribution in [-0.4, -0.2) is 23.4 Å². The predicted molar refractivity (Wildman–Crippen MR) is 53.0 cm³/mol. The molecule has 0 amide bonds. The van der Waals surface area contributed by atoms with Crippen LogP contribution in [0, 0.1) is 0 Å². The Balaban J connectivity index is 2.46. The quantitative estimate of drug-likeness (QED) is 0.793. The molecule has 1 rings (SSSR count). The van der Waals surface area contributed by atoms with Gasteiger partial charge in [-0.05, 0) is 28.6 Å². The fourth-order valence-corrected chi connectivity index (χ4v) is 1.29. The third-order valence-corrected chi connectivity index (χ3v) is 1.82. The Hall–Kier alpha value is -0.610. The highest BCUT2D eigenvalue weighted by molar-refractivity contribution is 9.10. The predicted octanol–water partition coefficient (Wildman–Crippen LogP) is 1.42. The number of rotatable bonds is 4. The molecule has 1 aromatic rings. The number of hydrogen-bond acceptors (Lipinski definition) is 2. The number of hydrogen-bond donors (Lipinski definition) is 1. The highest BCUT2D eigenvalue weighted by Crippen LogP contribution is 2.07. The zero-order valence-electron chi connectivity index (χ0n) is 7.05. The summed E-state index contributed by atoms with van der Waals surface area (Å²) in [5, 5.41) is 7.16. The van der Waals surface area contributed by atoms with E-state index in [1.807, 2.05) is 17.9 Å². The van der Waals surface area contributed by atoms with Crippen LogP contribution in [0.4, 0.5) is 0 Å². The molecule has 0 atom stereocenters. The van der Waals surface area contributed by atoms with Crippen LogP contribution in [-0.2, 0) is 6.54 Å². The molecule has 1 N–H and O–H groups in total. The highest BCUT2D eigenvalue weighted by atomic mass is 79.9. The minimum Gasteiger partial charge on any atom is -0.316 e. The van der Waals surface area contributed by atoms with E-state index in [1.165, 1.54) is 0 Å². The van der Waals surface area contributed by atoms with Crippen molar-refractivity contribution in [2.75, 3.05) is 13.6 Å². The van der Waals surface area contributed by atoms with Crippen molar-refractivity contribution in [2.24, 2.45) is 0 Å². The topological polar surface area (TPSA) is 29.9 Å². The molecule has 0 aliphatic carbocycles. The number of nitrogens with one attached hydrogen (secondary N) is 1. The molecule has 66 valence electrons. The van der Waals surface area contributed by atoms with Crippen molar-refractivity contribution in [3.05, 3.63) is 29.0 Å². The average molecular weight is 230 g/mol. The first-order chi connectivity index (χ1) is 5.72. The summed E-state index contributed by atoms with van der Waals surface area (Å²) in [5.74, 6) is 0. The van der Waals surface area contributed by atoms with Gasteiger partial charge in [0.2, 0.25) is 0 Å². The largest absolute Gasteiger partial charge is 0.316 e. The van der Waals surface area contributed by atoms with Crippen molar-refractivity contribution in [2.45, 2.75) is 6.54 Å². The van der Waals surface area contributed by atoms with E-state index in [2.05, 4.69) is 32.9 Å². The fraction of sp³-hybridized carbons (Fsp3) is 0.375. The van der Waals surface area contributed by atoms with E-state index in [4.69, 9.17) is 0 Å². The standard InChI is InChI=1S/C8H12BrN3/c1-7(3-10-2)5-12-6-8(9)4-11-12/h4,6,10H,1,3,5H2,2H3. The van der Waals surface area contributed by atoms with Crippen molar-refractivity contribution in [1.29, 1.82) is 0 Å². The molecule has 0 aromatic carbocycles. The van der Waals surface area contributed by atoms with E-state index in [0.29, 0.717) is 0 Å². The summed E-state index contributed by atoms with van der Waals surface area (Å²) in [6.45, 7) is 5.51. The van der Waals surface area contributed by atoms with E-state index in [-0.39, 0.29) is 0 Å². The van der Waals surface area contributed by atoms with Crippen molar-refractivity contribution in [1.82, 2.24) is 15.1 Å². The van der Waals surface area contributed by atoms with Gasteiger partial charge in [0, 0.05) is 12.7 Å². The zero-order chi connectivity index (χ0) is 8.97. The second kappa shape index (κ2) is 4.42. The lowest BCUT2D eigenvalue weighted by molar-refractivity contribution is 0.656. The lowest BCUT2D eigenvalue weighted by Gasteiger charge is -2.03. The Morgan fingerprint density at radius 1 is 1.83 bits per heavy atom. The van der Waals surface area contributed by atoms with Gasteiger partial charge in [-0.3, -0.25) is 4.68 Å². The van der Waals surface area contributed by atoms with Gasteiger partial charge in [-0.25, -0.2) is 0 Å². The lowest BCUT2D eigenvalue weighted by Crippen LogP contribution is -2.13. The first-order valence-corrected chi connectivity index (χ1v) is 4.51. The molecule has 0 unspecified atom stereocenters. The second-order valence-electron chi connectivity index (χ2n) is 2.64. The lowest BCUT2D eigenvalue weighted by atomic mass is 10.3. The first-order valence-electron chi connectivity index (χ1n) is 3.71. The summed E-state index contributed by atoms with van der Waals surface area (Å²) in [7, 11) is 1.91. The van der Waals surface area contributed by atoms with E-state index in [1.54, 1.807) is 6.20 Å². The molecular weight excluding hydrogens is 218 g/mol. The van der Waals surface area contributed by atoms with E-state index >= 15 is 0 Å². The summed E-state index contributed by atoms with van der Waals surface area (Å²) in [6, 6.07) is 0. The minimum atomic E-state index is 0.770. The van der Waals surface area contributed by atoms with Crippen molar-refractivity contribution < 1.29 is 0 Å². The maximum Gasteiger partial charge on any atom is 0.0632 e. The summed E-state index contributed by atoms with van der Waals surface area (Å²) >= 11 is 3.33. The summed E-state index contributed by atoms with van der Waals surface area (Å²) < 4.78 is 2.85. The molecule has 0 spiro atoms. The smallest absolute Gasteiger partial charge is 0.0632 e. The van der Waals surface area contributed by atoms with Crippen LogP contribution in [0.1, 0.15) is 0 Å². The Morgan fingerprint density at radius 3 is 3.08 bits per heavy atom. The molecule has 0 saturated heterocycles. The van der Waals surface area contributed by atoms with Gasteiger partial charge in [-0.2, -0.15) is 5.10 Å². The van der Waals surface area contributed by atoms with Crippen LogP contribution in [0.25, 0.3) is 0 Å². The molecule has 0 radical (unpaired) electrons. The molecule has 12 heavy (non-hydrogen) atoms. The van der Waals surface area contributed by atoms with Crippen LogP contribution in [0.5, 0.6) is 0 Å². The van der Waals surface area contributed by atoms with Crippen LogP contribution < -0.4 is 5.32 Å². The third-order valence-electron chi connectivity index (χ3n) is 1.41. The van der Waals surface area contributed by atoms with Gasteiger partial charge in [0.1, 0.15) is 0 Å². The number of halogens is 1. The zero-order valence-corrected chi connectivity index (χ0v) is 8.63. The molecular formula is C8H12BrN3. The Bertz CT molecular complexity index is 267. The first kappa shape index (κ1) is 9.48. The van der Waals surface area contributed by atoms with Crippen LogP contribution in [0.3, 0.4) is 0 Å². The Morgan fingerprint density at radius 2 is 2.58 bits per heavy atom. The normalized spacial score (nSPS) is 10.2. The average Bonchev–Trinajstić information content (AvgIpc) is 2.36. The SMILES string of the molecule is C=C(CNC)Cn1cc(Br)cn1. The molecule has 3 nitrogen and oxygen atoms in total.